The first kappa shape index (κ1) is 25.7. The number of carboxylic acids is 1. The molecule has 12 heteroatoms. The molecule has 1 fully saturated rings. The number of phenolic OH excluding ortho intramolecular Hbond substituents is 1. The molecule has 0 spiro atoms. The van der Waals surface area contributed by atoms with E-state index in [4.69, 9.17) is 24.4 Å². The van der Waals surface area contributed by atoms with E-state index in [-0.39, 0.29) is 5.75 Å². The minimum absolute atomic E-state index is 0.0581. The molecule has 178 valence electrons. The Morgan fingerprint density at radius 3 is 2.34 bits per heavy atom. The van der Waals surface area contributed by atoms with E-state index in [1.807, 2.05) is 0 Å². The summed E-state index contributed by atoms with van der Waals surface area (Å²) in [6, 6.07) is 5.97. The topological polar surface area (TPSA) is 203 Å². The maximum atomic E-state index is 11.9. The van der Waals surface area contributed by atoms with Gasteiger partial charge in [0.15, 0.2) is 6.29 Å². The van der Waals surface area contributed by atoms with Crippen LogP contribution in [0.2, 0.25) is 0 Å². The summed E-state index contributed by atoms with van der Waals surface area (Å²) >= 11 is 0. The summed E-state index contributed by atoms with van der Waals surface area (Å²) in [5.41, 5.74) is 0.604. The number of hydrogen-bond acceptors (Lipinski definition) is 11. The largest absolute Gasteiger partial charge is 0.508 e. The van der Waals surface area contributed by atoms with E-state index < -0.39 is 74.5 Å². The van der Waals surface area contributed by atoms with Gasteiger partial charge in [-0.1, -0.05) is 12.1 Å². The van der Waals surface area contributed by atoms with Crippen LogP contribution < -0.4 is 0 Å². The second-order valence-corrected chi connectivity index (χ2v) is 7.09. The Balaban J connectivity index is 1.98. The molecule has 0 saturated carbocycles. The number of carboxylic acid groups (broad SMARTS) is 1. The summed E-state index contributed by atoms with van der Waals surface area (Å²) in [5, 5.41) is 67.2. The second kappa shape index (κ2) is 11.9. The molecule has 32 heavy (non-hydrogen) atoms. The third-order valence-electron chi connectivity index (χ3n) is 4.66. The number of carbonyl (C=O) groups excluding carboxylic acids is 1. The smallest absolute Gasteiger partial charge is 0.330 e. The molecule has 1 aliphatic heterocycles. The van der Waals surface area contributed by atoms with Crippen molar-refractivity contribution in [3.63, 3.8) is 0 Å². The highest BCUT2D eigenvalue weighted by Crippen LogP contribution is 2.25. The lowest BCUT2D eigenvalue weighted by Crippen LogP contribution is -2.60. The SMILES string of the molecule is O=C(O)CC(OC1OC(COC(=O)C=Cc2ccc(O)cc2)C(O)C(O)C1O)C(O)CO. The van der Waals surface area contributed by atoms with Gasteiger partial charge in [0.2, 0.25) is 0 Å². The zero-order valence-electron chi connectivity index (χ0n) is 16.8. The predicted molar refractivity (Wildman–Crippen MR) is 105 cm³/mol. The zero-order valence-corrected chi connectivity index (χ0v) is 16.8. The van der Waals surface area contributed by atoms with Gasteiger partial charge in [0.25, 0.3) is 0 Å². The van der Waals surface area contributed by atoms with E-state index in [0.29, 0.717) is 5.56 Å². The summed E-state index contributed by atoms with van der Waals surface area (Å²) in [6.07, 6.45) is -9.65. The van der Waals surface area contributed by atoms with Crippen LogP contribution in [0.15, 0.2) is 30.3 Å². The van der Waals surface area contributed by atoms with Crippen molar-refractivity contribution in [3.8, 4) is 5.75 Å². The monoisotopic (exact) mass is 458 g/mol. The van der Waals surface area contributed by atoms with Crippen molar-refractivity contribution in [2.75, 3.05) is 13.2 Å². The first-order chi connectivity index (χ1) is 15.1. The van der Waals surface area contributed by atoms with Crippen LogP contribution in [0.3, 0.4) is 0 Å². The summed E-state index contributed by atoms with van der Waals surface area (Å²) in [4.78, 5) is 22.9. The summed E-state index contributed by atoms with van der Waals surface area (Å²) in [5.74, 6) is -2.12. The molecule has 0 bridgehead atoms. The van der Waals surface area contributed by atoms with Gasteiger partial charge in [0.1, 0.15) is 42.9 Å². The van der Waals surface area contributed by atoms with Crippen LogP contribution in [0.4, 0.5) is 0 Å². The lowest BCUT2D eigenvalue weighted by Gasteiger charge is -2.41. The number of benzene rings is 1. The number of aliphatic hydroxyl groups excluding tert-OH is 5. The van der Waals surface area contributed by atoms with Crippen LogP contribution in [-0.2, 0) is 23.8 Å². The Kier molecular flexibility index (Phi) is 9.53. The third-order valence-corrected chi connectivity index (χ3v) is 4.66. The number of rotatable bonds is 10. The van der Waals surface area contributed by atoms with Crippen molar-refractivity contribution in [1.29, 1.82) is 0 Å². The number of phenols is 1. The van der Waals surface area contributed by atoms with Crippen LogP contribution in [-0.4, -0.2) is 104 Å². The molecule has 1 aromatic carbocycles. The second-order valence-electron chi connectivity index (χ2n) is 7.09. The van der Waals surface area contributed by atoms with Crippen LogP contribution in [0.5, 0.6) is 5.75 Å². The number of esters is 1. The molecule has 1 aliphatic rings. The fraction of sp³-hybridized carbons (Fsp3) is 0.500. The average molecular weight is 458 g/mol. The molecule has 1 heterocycles. The fourth-order valence-corrected chi connectivity index (χ4v) is 2.87. The third kappa shape index (κ3) is 7.24. The van der Waals surface area contributed by atoms with Gasteiger partial charge in [0.05, 0.1) is 19.1 Å². The molecule has 7 N–H and O–H groups in total. The first-order valence-corrected chi connectivity index (χ1v) is 9.62. The van der Waals surface area contributed by atoms with Gasteiger partial charge < -0.3 is 50.0 Å². The van der Waals surface area contributed by atoms with Crippen LogP contribution in [0.1, 0.15) is 12.0 Å². The minimum atomic E-state index is -1.81. The van der Waals surface area contributed by atoms with Gasteiger partial charge in [-0.2, -0.15) is 0 Å². The number of aromatic hydroxyl groups is 1. The molecule has 1 aromatic rings. The normalized spacial score (nSPS) is 27.7. The lowest BCUT2D eigenvalue weighted by atomic mass is 9.99. The van der Waals surface area contributed by atoms with Crippen molar-refractivity contribution in [1.82, 2.24) is 0 Å². The zero-order chi connectivity index (χ0) is 23.8. The van der Waals surface area contributed by atoms with Gasteiger partial charge in [-0.3, -0.25) is 4.79 Å². The Morgan fingerprint density at radius 2 is 1.75 bits per heavy atom. The van der Waals surface area contributed by atoms with Gasteiger partial charge in [-0.25, -0.2) is 4.79 Å². The average Bonchev–Trinajstić information content (AvgIpc) is 2.76. The molecular formula is C20H26O12. The van der Waals surface area contributed by atoms with Crippen molar-refractivity contribution in [2.24, 2.45) is 0 Å². The van der Waals surface area contributed by atoms with E-state index in [9.17, 15) is 35.1 Å². The molecule has 0 aromatic heterocycles. The summed E-state index contributed by atoms with van der Waals surface area (Å²) in [7, 11) is 0. The molecule has 12 nitrogen and oxygen atoms in total. The predicted octanol–water partition coefficient (Wildman–Crippen LogP) is -2.03. The Morgan fingerprint density at radius 1 is 1.09 bits per heavy atom. The molecule has 0 amide bonds. The highest BCUT2D eigenvalue weighted by molar-refractivity contribution is 5.87. The Labute approximate surface area is 182 Å². The molecule has 0 aliphatic carbocycles. The van der Waals surface area contributed by atoms with Gasteiger partial charge >= 0.3 is 11.9 Å². The maximum absolute atomic E-state index is 11.9. The molecule has 7 atom stereocenters. The fourth-order valence-electron chi connectivity index (χ4n) is 2.87. The van der Waals surface area contributed by atoms with Crippen LogP contribution in [0, 0.1) is 0 Å². The van der Waals surface area contributed by atoms with Crippen molar-refractivity contribution >= 4 is 18.0 Å². The van der Waals surface area contributed by atoms with Crippen LogP contribution in [0.25, 0.3) is 6.08 Å². The quantitative estimate of drug-likeness (QED) is 0.150. The van der Waals surface area contributed by atoms with Gasteiger partial charge in [-0.05, 0) is 23.8 Å². The summed E-state index contributed by atoms with van der Waals surface area (Å²) < 4.78 is 15.5. The molecule has 7 unspecified atom stereocenters. The Bertz CT molecular complexity index is 779. The van der Waals surface area contributed by atoms with Crippen LogP contribution >= 0.6 is 0 Å². The van der Waals surface area contributed by atoms with Crippen molar-refractivity contribution in [2.45, 2.75) is 49.3 Å². The molecule has 0 radical (unpaired) electrons. The van der Waals surface area contributed by atoms with E-state index in [0.717, 1.165) is 6.08 Å². The van der Waals surface area contributed by atoms with E-state index in [1.165, 1.54) is 18.2 Å². The minimum Gasteiger partial charge on any atom is -0.508 e. The summed E-state index contributed by atoms with van der Waals surface area (Å²) in [6.45, 7) is -1.38. The molecule has 1 saturated heterocycles. The number of aliphatic hydroxyl groups is 5. The van der Waals surface area contributed by atoms with E-state index >= 15 is 0 Å². The molecule has 2 rings (SSSR count). The maximum Gasteiger partial charge on any atom is 0.330 e. The highest BCUT2D eigenvalue weighted by atomic mass is 16.7. The number of hydrogen-bond donors (Lipinski definition) is 7. The highest BCUT2D eigenvalue weighted by Gasteiger charge is 2.46. The van der Waals surface area contributed by atoms with E-state index in [1.54, 1.807) is 12.1 Å². The number of aliphatic carboxylic acids is 1. The van der Waals surface area contributed by atoms with Crippen molar-refractivity contribution < 1.29 is 59.5 Å². The first-order valence-electron chi connectivity index (χ1n) is 9.62. The van der Waals surface area contributed by atoms with Gasteiger partial charge in [0, 0.05) is 6.08 Å². The number of ether oxygens (including phenoxy) is 3. The van der Waals surface area contributed by atoms with Crippen molar-refractivity contribution in [3.05, 3.63) is 35.9 Å². The Hall–Kier alpha value is -2.58. The van der Waals surface area contributed by atoms with Gasteiger partial charge in [-0.15, -0.1) is 0 Å². The van der Waals surface area contributed by atoms with E-state index in [2.05, 4.69) is 0 Å². The standard InChI is InChI=1S/C20H26O12/c21-8-12(23)13(7-15(24)25)31-20-19(29)18(28)17(27)14(32-20)9-30-16(26)6-3-10-1-4-11(22)5-2-10/h1-6,12-14,17-23,27-29H,7-9H2,(H,24,25). The number of carbonyl (C=O) groups is 2. The molecular weight excluding hydrogens is 432 g/mol. The lowest BCUT2D eigenvalue weighted by molar-refractivity contribution is -0.318.